The molecule has 8 heteroatoms. The van der Waals surface area contributed by atoms with E-state index < -0.39 is 11.6 Å². The molecule has 2 amide bonds. The molecule has 0 N–H and O–H groups in total. The number of nitrogens with zero attached hydrogens (tertiary/aromatic N) is 3. The zero-order valence-electron chi connectivity index (χ0n) is 14.7. The van der Waals surface area contributed by atoms with Gasteiger partial charge in [0.15, 0.2) is 17.3 Å². The molecule has 2 aliphatic heterocycles. The van der Waals surface area contributed by atoms with Crippen LogP contribution < -0.4 is 0 Å². The standard InChI is InChI=1S/C19H19F2N3O3/c20-14-2-1-13(9-15(14)21)11-24-12-19(10-17(24)25)4-6-23(7-5-19)18(26)16-3-8-27-22-16/h1-3,8-9H,4-7,10-12H2. The van der Waals surface area contributed by atoms with Gasteiger partial charge in [-0.3, -0.25) is 9.59 Å². The number of rotatable bonds is 3. The van der Waals surface area contributed by atoms with Gasteiger partial charge in [0, 0.05) is 44.1 Å². The fourth-order valence-corrected chi connectivity index (χ4v) is 3.99. The number of benzene rings is 1. The molecule has 3 heterocycles. The Hall–Kier alpha value is -2.77. The maximum atomic E-state index is 13.4. The first kappa shape index (κ1) is 17.6. The van der Waals surface area contributed by atoms with Crippen LogP contribution in [0.15, 0.2) is 35.1 Å². The van der Waals surface area contributed by atoms with E-state index in [4.69, 9.17) is 4.52 Å². The monoisotopic (exact) mass is 375 g/mol. The van der Waals surface area contributed by atoms with Crippen molar-refractivity contribution < 1.29 is 22.9 Å². The summed E-state index contributed by atoms with van der Waals surface area (Å²) >= 11 is 0. The van der Waals surface area contributed by atoms with Crippen LogP contribution in [0.25, 0.3) is 0 Å². The summed E-state index contributed by atoms with van der Waals surface area (Å²) in [6.45, 7) is 1.94. The quantitative estimate of drug-likeness (QED) is 0.827. The van der Waals surface area contributed by atoms with E-state index in [1.54, 1.807) is 9.80 Å². The first-order chi connectivity index (χ1) is 13.0. The van der Waals surface area contributed by atoms with E-state index in [1.807, 2.05) is 0 Å². The van der Waals surface area contributed by atoms with E-state index >= 15 is 0 Å². The molecule has 27 heavy (non-hydrogen) atoms. The van der Waals surface area contributed by atoms with E-state index in [0.29, 0.717) is 31.6 Å². The molecular weight excluding hydrogens is 356 g/mol. The fourth-order valence-electron chi connectivity index (χ4n) is 3.99. The van der Waals surface area contributed by atoms with Gasteiger partial charge in [-0.1, -0.05) is 11.2 Å². The average Bonchev–Trinajstić information content (AvgIpc) is 3.28. The maximum Gasteiger partial charge on any atom is 0.276 e. The SMILES string of the molecule is O=C1CC2(CCN(C(=O)c3ccon3)CC2)CN1Cc1ccc(F)c(F)c1. The highest BCUT2D eigenvalue weighted by Gasteiger charge is 2.45. The molecule has 0 unspecified atom stereocenters. The first-order valence-electron chi connectivity index (χ1n) is 8.87. The molecule has 2 saturated heterocycles. The van der Waals surface area contributed by atoms with E-state index in [0.717, 1.165) is 25.0 Å². The highest BCUT2D eigenvalue weighted by atomic mass is 19.2. The summed E-state index contributed by atoms with van der Waals surface area (Å²) in [6, 6.07) is 5.24. The molecule has 4 rings (SSSR count). The number of carbonyl (C=O) groups is 2. The number of piperidine rings is 1. The van der Waals surface area contributed by atoms with Gasteiger partial charge in [0.05, 0.1) is 0 Å². The molecular formula is C19H19F2N3O3. The Kier molecular flexibility index (Phi) is 4.41. The lowest BCUT2D eigenvalue weighted by Crippen LogP contribution is -2.44. The molecule has 0 aliphatic carbocycles. The number of amides is 2. The van der Waals surface area contributed by atoms with Crippen molar-refractivity contribution in [2.45, 2.75) is 25.8 Å². The Labute approximate surface area is 154 Å². The Morgan fingerprint density at radius 3 is 2.63 bits per heavy atom. The molecule has 142 valence electrons. The van der Waals surface area contributed by atoms with E-state index in [-0.39, 0.29) is 29.5 Å². The van der Waals surface area contributed by atoms with Crippen molar-refractivity contribution in [3.05, 3.63) is 53.4 Å². The topological polar surface area (TPSA) is 66.7 Å². The third-order valence-corrected chi connectivity index (χ3v) is 5.53. The Morgan fingerprint density at radius 2 is 1.96 bits per heavy atom. The smallest absolute Gasteiger partial charge is 0.276 e. The highest BCUT2D eigenvalue weighted by Crippen LogP contribution is 2.41. The minimum absolute atomic E-state index is 0.0102. The van der Waals surface area contributed by atoms with Crippen molar-refractivity contribution in [3.63, 3.8) is 0 Å². The van der Waals surface area contributed by atoms with Crippen molar-refractivity contribution >= 4 is 11.8 Å². The summed E-state index contributed by atoms with van der Waals surface area (Å²) in [5.41, 5.74) is 0.683. The number of halogens is 2. The zero-order valence-corrected chi connectivity index (χ0v) is 14.7. The molecule has 1 spiro atoms. The molecule has 6 nitrogen and oxygen atoms in total. The van der Waals surface area contributed by atoms with Gasteiger partial charge in [0.2, 0.25) is 5.91 Å². The van der Waals surface area contributed by atoms with Gasteiger partial charge < -0.3 is 14.3 Å². The molecule has 0 saturated carbocycles. The highest BCUT2D eigenvalue weighted by molar-refractivity contribution is 5.92. The van der Waals surface area contributed by atoms with Crippen LogP contribution in [0.4, 0.5) is 8.78 Å². The van der Waals surface area contributed by atoms with Crippen LogP contribution >= 0.6 is 0 Å². The summed E-state index contributed by atoms with van der Waals surface area (Å²) in [4.78, 5) is 28.2. The largest absolute Gasteiger partial charge is 0.364 e. The van der Waals surface area contributed by atoms with Gasteiger partial charge in [-0.2, -0.15) is 0 Å². The normalized spacial score (nSPS) is 19.1. The van der Waals surface area contributed by atoms with Crippen LogP contribution in [0.5, 0.6) is 0 Å². The van der Waals surface area contributed by atoms with Gasteiger partial charge in [0.25, 0.3) is 5.91 Å². The zero-order chi connectivity index (χ0) is 19.0. The third kappa shape index (κ3) is 3.43. The summed E-state index contributed by atoms with van der Waals surface area (Å²) in [5.74, 6) is -1.96. The Balaban J connectivity index is 1.39. The predicted molar refractivity (Wildman–Crippen MR) is 90.5 cm³/mol. The van der Waals surface area contributed by atoms with Gasteiger partial charge >= 0.3 is 0 Å². The first-order valence-corrected chi connectivity index (χ1v) is 8.87. The van der Waals surface area contributed by atoms with Crippen molar-refractivity contribution in [3.8, 4) is 0 Å². The number of aromatic nitrogens is 1. The molecule has 2 aromatic rings. The van der Waals surface area contributed by atoms with E-state index in [2.05, 4.69) is 5.16 Å². The lowest BCUT2D eigenvalue weighted by molar-refractivity contribution is -0.128. The summed E-state index contributed by atoms with van der Waals surface area (Å²) < 4.78 is 31.2. The van der Waals surface area contributed by atoms with Crippen molar-refractivity contribution in [1.82, 2.24) is 15.0 Å². The molecule has 0 radical (unpaired) electrons. The minimum atomic E-state index is -0.909. The number of hydrogen-bond acceptors (Lipinski definition) is 4. The second-order valence-corrected chi connectivity index (χ2v) is 7.35. The van der Waals surface area contributed by atoms with Gasteiger partial charge in [0.1, 0.15) is 6.26 Å². The second-order valence-electron chi connectivity index (χ2n) is 7.35. The molecule has 0 atom stereocenters. The Bertz CT molecular complexity index is 861. The van der Waals surface area contributed by atoms with Crippen LogP contribution in [-0.2, 0) is 11.3 Å². The van der Waals surface area contributed by atoms with Crippen LogP contribution in [-0.4, -0.2) is 46.4 Å². The second kappa shape index (κ2) is 6.75. The maximum absolute atomic E-state index is 13.4. The summed E-state index contributed by atoms with van der Waals surface area (Å²) in [6.07, 6.45) is 3.22. The van der Waals surface area contributed by atoms with E-state index in [1.165, 1.54) is 18.4 Å². The van der Waals surface area contributed by atoms with Crippen molar-refractivity contribution in [2.75, 3.05) is 19.6 Å². The fraction of sp³-hybridized carbons (Fsp3) is 0.421. The third-order valence-electron chi connectivity index (χ3n) is 5.53. The molecule has 2 fully saturated rings. The molecule has 0 bridgehead atoms. The number of hydrogen-bond donors (Lipinski definition) is 0. The number of likely N-dealkylation sites (tertiary alicyclic amines) is 2. The van der Waals surface area contributed by atoms with Crippen LogP contribution in [0.2, 0.25) is 0 Å². The summed E-state index contributed by atoms with van der Waals surface area (Å²) in [5, 5.41) is 3.68. The lowest BCUT2D eigenvalue weighted by Gasteiger charge is -2.38. The summed E-state index contributed by atoms with van der Waals surface area (Å²) in [7, 11) is 0. The average molecular weight is 375 g/mol. The van der Waals surface area contributed by atoms with Gasteiger partial charge in [-0.25, -0.2) is 8.78 Å². The molecule has 1 aromatic carbocycles. The van der Waals surface area contributed by atoms with Crippen molar-refractivity contribution in [1.29, 1.82) is 0 Å². The number of carbonyl (C=O) groups excluding carboxylic acids is 2. The van der Waals surface area contributed by atoms with E-state index in [9.17, 15) is 18.4 Å². The molecule has 2 aliphatic rings. The lowest BCUT2D eigenvalue weighted by atomic mass is 9.77. The van der Waals surface area contributed by atoms with Gasteiger partial charge in [-0.05, 0) is 30.5 Å². The molecule has 1 aromatic heterocycles. The Morgan fingerprint density at radius 1 is 1.19 bits per heavy atom. The van der Waals surface area contributed by atoms with Crippen molar-refractivity contribution in [2.24, 2.45) is 5.41 Å². The van der Waals surface area contributed by atoms with Crippen LogP contribution in [0.1, 0.15) is 35.3 Å². The van der Waals surface area contributed by atoms with Gasteiger partial charge in [-0.15, -0.1) is 0 Å². The van der Waals surface area contributed by atoms with Crippen LogP contribution in [0.3, 0.4) is 0 Å². The van der Waals surface area contributed by atoms with Crippen LogP contribution in [0, 0.1) is 17.0 Å². The minimum Gasteiger partial charge on any atom is -0.364 e. The predicted octanol–water partition coefficient (Wildman–Crippen LogP) is 2.61.